The Bertz CT molecular complexity index is 1270. The summed E-state index contributed by atoms with van der Waals surface area (Å²) >= 11 is 0. The van der Waals surface area contributed by atoms with Gasteiger partial charge in [0.2, 0.25) is 0 Å². The second kappa shape index (κ2) is 13.3. The summed E-state index contributed by atoms with van der Waals surface area (Å²) in [5.74, 6) is 0.0960. The van der Waals surface area contributed by atoms with Crippen LogP contribution in [0.2, 0.25) is 0 Å². The predicted octanol–water partition coefficient (Wildman–Crippen LogP) is 2.95. The van der Waals surface area contributed by atoms with E-state index in [0.717, 1.165) is 5.56 Å². The van der Waals surface area contributed by atoms with Gasteiger partial charge in [0.15, 0.2) is 11.5 Å². The van der Waals surface area contributed by atoms with E-state index in [1.54, 1.807) is 48.5 Å². The molecule has 3 aromatic carbocycles. The number of carbonyl (C=O) groups is 3. The number of nitrogens with one attached hydrogen (secondary N) is 2. The Kier molecular flexibility index (Phi) is 9.60. The molecule has 0 heterocycles. The van der Waals surface area contributed by atoms with Crippen LogP contribution in [0.1, 0.15) is 31.8 Å². The highest BCUT2D eigenvalue weighted by Gasteiger charge is 2.12. The Hall–Kier alpha value is -4.86. The second-order valence-electron chi connectivity index (χ2n) is 7.56. The van der Waals surface area contributed by atoms with Crippen LogP contribution in [-0.2, 0) is 16.1 Å². The molecule has 3 aromatic rings. The third-order valence-corrected chi connectivity index (χ3v) is 5.14. The van der Waals surface area contributed by atoms with Gasteiger partial charge in [-0.15, -0.1) is 0 Å². The average Bonchev–Trinajstić information content (AvgIpc) is 2.94. The fourth-order valence-corrected chi connectivity index (χ4v) is 3.19. The molecule has 2 N–H and O–H groups in total. The third kappa shape index (κ3) is 7.56. The van der Waals surface area contributed by atoms with E-state index in [-0.39, 0.29) is 13.2 Å². The number of methoxy groups -OCH3 is 3. The highest BCUT2D eigenvalue weighted by Crippen LogP contribution is 2.27. The molecule has 0 spiro atoms. The van der Waals surface area contributed by atoms with Gasteiger partial charge in [-0.1, -0.05) is 24.3 Å². The normalized spacial score (nSPS) is 10.5. The van der Waals surface area contributed by atoms with Gasteiger partial charge in [-0.3, -0.25) is 9.59 Å². The number of nitrogens with zero attached hydrogens (tertiary/aromatic N) is 1. The summed E-state index contributed by atoms with van der Waals surface area (Å²) in [6.45, 7) is -0.00885. The third-order valence-electron chi connectivity index (χ3n) is 5.14. The lowest BCUT2D eigenvalue weighted by Gasteiger charge is -2.10. The van der Waals surface area contributed by atoms with Crippen LogP contribution in [0.3, 0.4) is 0 Å². The van der Waals surface area contributed by atoms with E-state index in [1.165, 1.54) is 33.6 Å². The second-order valence-corrected chi connectivity index (χ2v) is 7.56. The Morgan fingerprint density at radius 3 is 2.24 bits per heavy atom. The van der Waals surface area contributed by atoms with Crippen molar-refractivity contribution in [3.63, 3.8) is 0 Å². The highest BCUT2D eigenvalue weighted by molar-refractivity contribution is 5.97. The maximum Gasteiger partial charge on any atom is 0.337 e. The Morgan fingerprint density at radius 1 is 0.838 bits per heavy atom. The molecule has 10 heteroatoms. The Balaban J connectivity index is 1.51. The first kappa shape index (κ1) is 26.7. The highest BCUT2D eigenvalue weighted by atomic mass is 16.5. The minimum absolute atomic E-state index is 0.265. The van der Waals surface area contributed by atoms with Gasteiger partial charge >= 0.3 is 5.97 Å². The quantitative estimate of drug-likeness (QED) is 0.233. The number of carbonyl (C=O) groups excluding carboxylic acids is 3. The van der Waals surface area contributed by atoms with E-state index in [0.29, 0.717) is 33.9 Å². The number of hydrogen-bond donors (Lipinski definition) is 2. The number of amides is 2. The molecule has 0 saturated carbocycles. The number of hydrogen-bond acceptors (Lipinski definition) is 8. The first-order valence-corrected chi connectivity index (χ1v) is 11.2. The molecule has 0 unspecified atom stereocenters. The minimum Gasteiger partial charge on any atom is -0.493 e. The van der Waals surface area contributed by atoms with Crippen molar-refractivity contribution in [2.24, 2.45) is 5.10 Å². The summed E-state index contributed by atoms with van der Waals surface area (Å²) in [6, 6.07) is 18.8. The zero-order valence-corrected chi connectivity index (χ0v) is 20.6. The summed E-state index contributed by atoms with van der Waals surface area (Å²) in [4.78, 5) is 36.0. The molecule has 0 bridgehead atoms. The largest absolute Gasteiger partial charge is 0.493 e. The molecule has 0 fully saturated rings. The topological polar surface area (TPSA) is 125 Å². The maximum atomic E-state index is 12.3. The van der Waals surface area contributed by atoms with Crippen LogP contribution in [-0.4, -0.2) is 51.9 Å². The molecule has 3 rings (SSSR count). The SMILES string of the molecule is COC(=O)c1ccc(COc2ccccc2/C=N\NC(=O)CNC(=O)c2ccc(OC)c(OC)c2)cc1. The van der Waals surface area contributed by atoms with Gasteiger partial charge in [-0.2, -0.15) is 5.10 Å². The van der Waals surface area contributed by atoms with E-state index < -0.39 is 17.8 Å². The standard InChI is InChI=1S/C27H27N3O7/c1-34-23-13-12-20(14-24(23)35-2)26(32)28-16-25(31)30-29-15-21-6-4-5-7-22(21)37-17-18-8-10-19(11-9-18)27(33)36-3/h4-15H,16-17H2,1-3H3,(H,28,32)(H,30,31)/b29-15-. The molecular formula is C27H27N3O7. The Morgan fingerprint density at radius 2 is 1.54 bits per heavy atom. The average molecular weight is 506 g/mol. The van der Waals surface area contributed by atoms with E-state index in [2.05, 4.69) is 15.8 Å². The molecule has 10 nitrogen and oxygen atoms in total. The zero-order chi connectivity index (χ0) is 26.6. The summed E-state index contributed by atoms with van der Waals surface area (Å²) in [6.07, 6.45) is 1.45. The number of rotatable bonds is 11. The lowest BCUT2D eigenvalue weighted by atomic mass is 10.1. The van der Waals surface area contributed by atoms with Crippen LogP contribution in [0.25, 0.3) is 0 Å². The van der Waals surface area contributed by atoms with Crippen molar-refractivity contribution >= 4 is 24.0 Å². The fraction of sp³-hybridized carbons (Fsp3) is 0.185. The van der Waals surface area contributed by atoms with Crippen LogP contribution in [0.4, 0.5) is 0 Å². The van der Waals surface area contributed by atoms with E-state index in [1.807, 2.05) is 12.1 Å². The van der Waals surface area contributed by atoms with Crippen molar-refractivity contribution in [2.75, 3.05) is 27.9 Å². The summed E-state index contributed by atoms with van der Waals surface area (Å²) in [5.41, 5.74) is 4.65. The molecule has 0 saturated heterocycles. The number of para-hydroxylation sites is 1. The molecule has 0 aliphatic heterocycles. The zero-order valence-electron chi connectivity index (χ0n) is 20.6. The molecular weight excluding hydrogens is 478 g/mol. The van der Waals surface area contributed by atoms with Gasteiger partial charge in [0, 0.05) is 11.1 Å². The molecule has 0 aromatic heterocycles. The number of benzene rings is 3. The van der Waals surface area contributed by atoms with Crippen LogP contribution < -0.4 is 25.0 Å². The van der Waals surface area contributed by atoms with Gasteiger partial charge in [-0.05, 0) is 48.0 Å². The van der Waals surface area contributed by atoms with Gasteiger partial charge in [0.25, 0.3) is 11.8 Å². The lowest BCUT2D eigenvalue weighted by Crippen LogP contribution is -2.34. The molecule has 0 aliphatic rings. The number of esters is 1. The van der Waals surface area contributed by atoms with Crippen molar-refractivity contribution in [3.05, 3.63) is 89.0 Å². The Labute approximate surface area is 214 Å². The van der Waals surface area contributed by atoms with Crippen molar-refractivity contribution in [3.8, 4) is 17.2 Å². The molecule has 192 valence electrons. The van der Waals surface area contributed by atoms with Crippen LogP contribution in [0.5, 0.6) is 17.2 Å². The lowest BCUT2D eigenvalue weighted by molar-refractivity contribution is -0.120. The molecule has 0 radical (unpaired) electrons. The predicted molar refractivity (Wildman–Crippen MR) is 136 cm³/mol. The minimum atomic E-state index is -0.505. The van der Waals surface area contributed by atoms with Crippen molar-refractivity contribution in [1.29, 1.82) is 0 Å². The summed E-state index contributed by atoms with van der Waals surface area (Å²) < 4.78 is 20.9. The van der Waals surface area contributed by atoms with E-state index >= 15 is 0 Å². The summed E-state index contributed by atoms with van der Waals surface area (Å²) in [5, 5.41) is 6.48. The van der Waals surface area contributed by atoms with E-state index in [9.17, 15) is 14.4 Å². The fourth-order valence-electron chi connectivity index (χ4n) is 3.19. The maximum absolute atomic E-state index is 12.3. The van der Waals surface area contributed by atoms with Gasteiger partial charge < -0.3 is 24.3 Å². The van der Waals surface area contributed by atoms with Crippen LogP contribution in [0.15, 0.2) is 71.8 Å². The van der Waals surface area contributed by atoms with Gasteiger partial charge in [-0.25, -0.2) is 10.2 Å². The van der Waals surface area contributed by atoms with Gasteiger partial charge in [0.05, 0.1) is 39.7 Å². The van der Waals surface area contributed by atoms with Crippen LogP contribution in [0, 0.1) is 0 Å². The molecule has 2 amide bonds. The summed E-state index contributed by atoms with van der Waals surface area (Å²) in [7, 11) is 4.30. The van der Waals surface area contributed by atoms with Crippen LogP contribution >= 0.6 is 0 Å². The first-order valence-electron chi connectivity index (χ1n) is 11.2. The molecule has 0 atom stereocenters. The van der Waals surface area contributed by atoms with Crippen molar-refractivity contribution < 1.29 is 33.3 Å². The van der Waals surface area contributed by atoms with E-state index in [4.69, 9.17) is 18.9 Å². The number of hydrazone groups is 1. The van der Waals surface area contributed by atoms with Crippen molar-refractivity contribution in [1.82, 2.24) is 10.7 Å². The number of ether oxygens (including phenoxy) is 4. The smallest absolute Gasteiger partial charge is 0.337 e. The van der Waals surface area contributed by atoms with Crippen molar-refractivity contribution in [2.45, 2.75) is 6.61 Å². The first-order chi connectivity index (χ1) is 17.9. The van der Waals surface area contributed by atoms with Gasteiger partial charge in [0.1, 0.15) is 12.4 Å². The molecule has 0 aliphatic carbocycles. The molecule has 37 heavy (non-hydrogen) atoms. The monoisotopic (exact) mass is 505 g/mol.